The first-order valence-corrected chi connectivity index (χ1v) is 7.33. The van der Waals surface area contributed by atoms with Crippen molar-refractivity contribution >= 4 is 17.6 Å². The van der Waals surface area contributed by atoms with Crippen LogP contribution in [0.1, 0.15) is 29.8 Å². The van der Waals surface area contributed by atoms with Crippen LogP contribution in [0, 0.1) is 0 Å². The number of carbonyl (C=O) groups excluding carboxylic acids is 1. The summed E-state index contributed by atoms with van der Waals surface area (Å²) in [6.07, 6.45) is -0.155. The minimum atomic E-state index is -0.974. The second-order valence-electron chi connectivity index (χ2n) is 5.38. The van der Waals surface area contributed by atoms with Crippen LogP contribution in [-0.4, -0.2) is 23.1 Å². The number of rotatable bonds is 6. The summed E-state index contributed by atoms with van der Waals surface area (Å²) in [4.78, 5) is 23.3. The highest BCUT2D eigenvalue weighted by atomic mass is 16.5. The molecular weight excluding hydrogens is 294 g/mol. The number of carbonyl (C=O) groups is 2. The standard InChI is InChI=1S/C18H19NO4/c1-12(2)23-15-8-5-7-14(11-15)19-18(22)16-9-4-3-6-13(16)10-17(20)21/h3-9,11-12H,10H2,1-2H3,(H,19,22)(H,20,21). The molecule has 0 bridgehead atoms. The Morgan fingerprint density at radius 1 is 1.13 bits per heavy atom. The number of amides is 1. The number of aliphatic carboxylic acids is 1. The molecule has 0 saturated carbocycles. The van der Waals surface area contributed by atoms with E-state index in [1.54, 1.807) is 42.5 Å². The second-order valence-corrected chi connectivity index (χ2v) is 5.38. The summed E-state index contributed by atoms with van der Waals surface area (Å²) in [6.45, 7) is 3.85. The lowest BCUT2D eigenvalue weighted by Gasteiger charge is -2.12. The third-order valence-electron chi connectivity index (χ3n) is 3.07. The number of ether oxygens (including phenoxy) is 1. The Balaban J connectivity index is 2.18. The summed E-state index contributed by atoms with van der Waals surface area (Å²) in [5.74, 6) is -0.655. The van der Waals surface area contributed by atoms with Crippen molar-refractivity contribution < 1.29 is 19.4 Å². The molecule has 0 unspecified atom stereocenters. The predicted octanol–water partition coefficient (Wildman–Crippen LogP) is 3.35. The van der Waals surface area contributed by atoms with Gasteiger partial charge in [-0.1, -0.05) is 24.3 Å². The van der Waals surface area contributed by atoms with E-state index in [2.05, 4.69) is 5.32 Å². The number of hydrogen-bond acceptors (Lipinski definition) is 3. The molecule has 0 aliphatic heterocycles. The Morgan fingerprint density at radius 2 is 1.87 bits per heavy atom. The molecule has 2 rings (SSSR count). The van der Waals surface area contributed by atoms with Crippen LogP contribution < -0.4 is 10.1 Å². The first-order chi connectivity index (χ1) is 11.0. The van der Waals surface area contributed by atoms with Gasteiger partial charge in [-0.15, -0.1) is 0 Å². The molecule has 0 fully saturated rings. The first-order valence-electron chi connectivity index (χ1n) is 7.33. The van der Waals surface area contributed by atoms with Crippen LogP contribution in [0.4, 0.5) is 5.69 Å². The molecule has 0 atom stereocenters. The van der Waals surface area contributed by atoms with Crippen molar-refractivity contribution in [2.45, 2.75) is 26.4 Å². The molecule has 0 aromatic heterocycles. The van der Waals surface area contributed by atoms with E-state index in [0.717, 1.165) is 0 Å². The maximum absolute atomic E-state index is 12.4. The van der Waals surface area contributed by atoms with Gasteiger partial charge >= 0.3 is 5.97 Å². The summed E-state index contributed by atoms with van der Waals surface area (Å²) in [5, 5.41) is 11.7. The van der Waals surface area contributed by atoms with E-state index in [9.17, 15) is 9.59 Å². The molecule has 0 heterocycles. The zero-order valence-electron chi connectivity index (χ0n) is 13.1. The smallest absolute Gasteiger partial charge is 0.307 e. The number of carboxylic acids is 1. The van der Waals surface area contributed by atoms with Gasteiger partial charge < -0.3 is 15.2 Å². The fraction of sp³-hybridized carbons (Fsp3) is 0.222. The van der Waals surface area contributed by atoms with E-state index < -0.39 is 5.97 Å². The van der Waals surface area contributed by atoms with Gasteiger partial charge in [0.1, 0.15) is 5.75 Å². The Labute approximate surface area is 134 Å². The third kappa shape index (κ3) is 4.85. The van der Waals surface area contributed by atoms with Crippen LogP contribution in [0.2, 0.25) is 0 Å². The van der Waals surface area contributed by atoms with Gasteiger partial charge in [-0.05, 0) is 37.6 Å². The van der Waals surface area contributed by atoms with Gasteiger partial charge in [-0.2, -0.15) is 0 Å². The normalized spacial score (nSPS) is 10.4. The van der Waals surface area contributed by atoms with Crippen molar-refractivity contribution in [3.05, 3.63) is 59.7 Å². The van der Waals surface area contributed by atoms with Crippen molar-refractivity contribution in [1.29, 1.82) is 0 Å². The van der Waals surface area contributed by atoms with Gasteiger partial charge in [0.15, 0.2) is 0 Å². The number of anilines is 1. The molecule has 0 aliphatic rings. The van der Waals surface area contributed by atoms with E-state index in [4.69, 9.17) is 9.84 Å². The van der Waals surface area contributed by atoms with Gasteiger partial charge in [0.05, 0.1) is 12.5 Å². The molecule has 23 heavy (non-hydrogen) atoms. The van der Waals surface area contributed by atoms with E-state index in [1.165, 1.54) is 0 Å². The van der Waals surface area contributed by atoms with Gasteiger partial charge in [-0.3, -0.25) is 9.59 Å². The monoisotopic (exact) mass is 313 g/mol. The number of benzene rings is 2. The Kier molecular flexibility index (Phi) is 5.36. The zero-order valence-corrected chi connectivity index (χ0v) is 13.1. The topological polar surface area (TPSA) is 75.6 Å². The lowest BCUT2D eigenvalue weighted by atomic mass is 10.0. The van der Waals surface area contributed by atoms with Crippen molar-refractivity contribution in [1.82, 2.24) is 0 Å². The summed E-state index contributed by atoms with van der Waals surface area (Å²) >= 11 is 0. The molecule has 0 aliphatic carbocycles. The van der Waals surface area contributed by atoms with Crippen LogP contribution in [0.25, 0.3) is 0 Å². The molecule has 0 radical (unpaired) electrons. The molecule has 0 spiro atoms. The van der Waals surface area contributed by atoms with Crippen molar-refractivity contribution in [2.75, 3.05) is 5.32 Å². The molecule has 5 heteroatoms. The maximum atomic E-state index is 12.4. The van der Waals surface area contributed by atoms with E-state index in [1.807, 2.05) is 19.9 Å². The van der Waals surface area contributed by atoms with Gasteiger partial charge in [0.25, 0.3) is 5.91 Å². The van der Waals surface area contributed by atoms with Crippen LogP contribution in [0.3, 0.4) is 0 Å². The van der Waals surface area contributed by atoms with Crippen molar-refractivity contribution in [3.8, 4) is 5.75 Å². The molecule has 2 aromatic carbocycles. The van der Waals surface area contributed by atoms with Crippen LogP contribution in [0.5, 0.6) is 5.75 Å². The van der Waals surface area contributed by atoms with Crippen molar-refractivity contribution in [3.63, 3.8) is 0 Å². The highest BCUT2D eigenvalue weighted by molar-refractivity contribution is 6.05. The Hall–Kier alpha value is -2.82. The lowest BCUT2D eigenvalue weighted by Crippen LogP contribution is -2.16. The summed E-state index contributed by atoms with van der Waals surface area (Å²) < 4.78 is 5.59. The quantitative estimate of drug-likeness (QED) is 0.857. The average Bonchev–Trinajstić information content (AvgIpc) is 2.46. The fourth-order valence-electron chi connectivity index (χ4n) is 2.18. The van der Waals surface area contributed by atoms with Gasteiger partial charge in [0.2, 0.25) is 0 Å². The summed E-state index contributed by atoms with van der Waals surface area (Å²) in [7, 11) is 0. The van der Waals surface area contributed by atoms with Crippen LogP contribution >= 0.6 is 0 Å². The molecule has 5 nitrogen and oxygen atoms in total. The number of carboxylic acid groups (broad SMARTS) is 1. The van der Waals surface area contributed by atoms with E-state index in [0.29, 0.717) is 22.6 Å². The largest absolute Gasteiger partial charge is 0.491 e. The van der Waals surface area contributed by atoms with Crippen molar-refractivity contribution in [2.24, 2.45) is 0 Å². The minimum absolute atomic E-state index is 0.0391. The van der Waals surface area contributed by atoms with Crippen LogP contribution in [0.15, 0.2) is 48.5 Å². The Morgan fingerprint density at radius 3 is 2.57 bits per heavy atom. The van der Waals surface area contributed by atoms with E-state index >= 15 is 0 Å². The highest BCUT2D eigenvalue weighted by Gasteiger charge is 2.13. The lowest BCUT2D eigenvalue weighted by molar-refractivity contribution is -0.136. The molecule has 120 valence electrons. The van der Waals surface area contributed by atoms with Crippen LogP contribution in [-0.2, 0) is 11.2 Å². The van der Waals surface area contributed by atoms with Gasteiger partial charge in [-0.25, -0.2) is 0 Å². The molecule has 0 saturated heterocycles. The maximum Gasteiger partial charge on any atom is 0.307 e. The average molecular weight is 313 g/mol. The highest BCUT2D eigenvalue weighted by Crippen LogP contribution is 2.20. The second kappa shape index (κ2) is 7.45. The van der Waals surface area contributed by atoms with E-state index in [-0.39, 0.29) is 18.4 Å². The molecule has 2 aromatic rings. The molecule has 2 N–H and O–H groups in total. The molecule has 1 amide bonds. The molecular formula is C18H19NO4. The predicted molar refractivity (Wildman–Crippen MR) is 87.9 cm³/mol. The minimum Gasteiger partial charge on any atom is -0.491 e. The van der Waals surface area contributed by atoms with Gasteiger partial charge in [0, 0.05) is 17.3 Å². The third-order valence-corrected chi connectivity index (χ3v) is 3.07. The first kappa shape index (κ1) is 16.5. The summed E-state index contributed by atoms with van der Waals surface area (Å²) in [6, 6.07) is 13.8. The zero-order chi connectivity index (χ0) is 16.8. The number of hydrogen-bond donors (Lipinski definition) is 2. The fourth-order valence-corrected chi connectivity index (χ4v) is 2.18. The SMILES string of the molecule is CC(C)Oc1cccc(NC(=O)c2ccccc2CC(=O)O)c1. The number of nitrogens with one attached hydrogen (secondary N) is 1. The Bertz CT molecular complexity index is 710. The summed E-state index contributed by atoms with van der Waals surface area (Å²) in [5.41, 5.74) is 1.43.